The number of aliphatic imine (C=N–C) groups is 1. The number of anilines is 1. The van der Waals surface area contributed by atoms with Crippen LogP contribution in [0.4, 0.5) is 11.4 Å². The molecule has 2 bridgehead atoms. The highest BCUT2D eigenvalue weighted by atomic mass is 15.3. The Morgan fingerprint density at radius 2 is 1.17 bits per heavy atom. The molecule has 2 aromatic heterocycles. The smallest absolute Gasteiger partial charge is 0.150 e. The zero-order chi connectivity index (χ0) is 39.2. The zero-order valence-corrected chi connectivity index (χ0v) is 32.9. The molecule has 4 nitrogen and oxygen atoms in total. The fourth-order valence-electron chi connectivity index (χ4n) is 10.9. The van der Waals surface area contributed by atoms with Crippen molar-refractivity contribution >= 4 is 104 Å². The van der Waals surface area contributed by atoms with Gasteiger partial charge in [0.1, 0.15) is 0 Å². The van der Waals surface area contributed by atoms with Crippen molar-refractivity contribution in [3.8, 4) is 5.69 Å². The minimum atomic E-state index is -0.223. The molecule has 4 heteroatoms. The van der Waals surface area contributed by atoms with Crippen LogP contribution >= 0.6 is 0 Å². The quantitative estimate of drug-likeness (QED) is 0.165. The maximum Gasteiger partial charge on any atom is 0.150 e. The number of hydrogen-bond donors (Lipinski definition) is 0. The van der Waals surface area contributed by atoms with Crippen LogP contribution in [-0.2, 0) is 6.42 Å². The highest BCUT2D eigenvalue weighted by molar-refractivity contribution is 6.24. The molecule has 60 heavy (non-hydrogen) atoms. The minimum absolute atomic E-state index is 0.223. The van der Waals surface area contributed by atoms with Crippen molar-refractivity contribution in [1.82, 2.24) is 9.13 Å². The maximum absolute atomic E-state index is 5.58. The van der Waals surface area contributed by atoms with Crippen molar-refractivity contribution in [3.05, 3.63) is 199 Å². The summed E-state index contributed by atoms with van der Waals surface area (Å²) < 4.78 is 5.04. The molecule has 10 aromatic carbocycles. The van der Waals surface area contributed by atoms with Gasteiger partial charge in [-0.05, 0) is 104 Å². The Labute approximate surface area is 345 Å². The van der Waals surface area contributed by atoms with Gasteiger partial charge in [-0.1, -0.05) is 133 Å². The minimum Gasteiger partial charge on any atom is -0.347 e. The second-order valence-corrected chi connectivity index (χ2v) is 16.8. The van der Waals surface area contributed by atoms with Gasteiger partial charge in [-0.2, -0.15) is 0 Å². The first-order valence-electron chi connectivity index (χ1n) is 20.9. The number of aromatic nitrogens is 2. The molecule has 0 saturated heterocycles. The summed E-state index contributed by atoms with van der Waals surface area (Å²) in [5.74, 6) is 0. The van der Waals surface area contributed by atoms with E-state index in [9.17, 15) is 0 Å². The van der Waals surface area contributed by atoms with Crippen LogP contribution in [0.1, 0.15) is 22.9 Å². The molecule has 15 rings (SSSR count). The molecule has 0 N–H and O–H groups in total. The Morgan fingerprint density at radius 1 is 0.483 bits per heavy atom. The van der Waals surface area contributed by atoms with Crippen molar-refractivity contribution in [2.24, 2.45) is 4.99 Å². The van der Waals surface area contributed by atoms with Crippen molar-refractivity contribution in [1.29, 1.82) is 0 Å². The van der Waals surface area contributed by atoms with Gasteiger partial charge >= 0.3 is 0 Å². The topological polar surface area (TPSA) is 25.5 Å². The molecule has 3 aliphatic rings. The number of benzene rings is 10. The van der Waals surface area contributed by atoms with Crippen LogP contribution in [0.25, 0.3) is 92.4 Å². The van der Waals surface area contributed by atoms with Crippen LogP contribution in [0.15, 0.2) is 187 Å². The van der Waals surface area contributed by atoms with Gasteiger partial charge in [0.25, 0.3) is 0 Å². The van der Waals surface area contributed by atoms with Gasteiger partial charge in [0.2, 0.25) is 0 Å². The second-order valence-electron chi connectivity index (χ2n) is 16.8. The van der Waals surface area contributed by atoms with E-state index in [4.69, 9.17) is 4.99 Å². The Bertz CT molecular complexity index is 3900. The summed E-state index contributed by atoms with van der Waals surface area (Å²) in [5.41, 5.74) is 13.1. The second kappa shape index (κ2) is 11.7. The average molecular weight is 765 g/mol. The molecule has 1 unspecified atom stereocenters. The van der Waals surface area contributed by atoms with E-state index in [1.165, 1.54) is 97.8 Å². The molecule has 3 heterocycles. The number of fused-ring (bicyclic) bond motifs is 12. The lowest BCUT2D eigenvalue weighted by molar-refractivity contribution is 0.657. The van der Waals surface area contributed by atoms with Gasteiger partial charge in [-0.3, -0.25) is 0 Å². The van der Waals surface area contributed by atoms with E-state index >= 15 is 0 Å². The van der Waals surface area contributed by atoms with E-state index in [-0.39, 0.29) is 6.17 Å². The van der Waals surface area contributed by atoms with Crippen LogP contribution < -0.4 is 4.90 Å². The molecule has 0 spiro atoms. The SMILES string of the molecule is CN1c2ccccc2N=C(c2ccc3c(ccc4cc5cc(c43)C5)c2)C1n1c2ccc(-n3c4ccccc4c4ccc5ccccc5c43)cc2c2c3ccccc3ccc21. The fraction of sp³-hybridized carbons (Fsp3) is 0.0536. The van der Waals surface area contributed by atoms with Crippen LogP contribution in [0.5, 0.6) is 0 Å². The van der Waals surface area contributed by atoms with E-state index in [0.717, 1.165) is 34.8 Å². The summed E-state index contributed by atoms with van der Waals surface area (Å²) in [6.45, 7) is 0. The number of para-hydroxylation sites is 3. The average Bonchev–Trinajstić information content (AvgIpc) is 3.81. The number of likely N-dealkylation sites (N-methyl/N-ethyl adjacent to an activating group) is 1. The van der Waals surface area contributed by atoms with Gasteiger partial charge in [0, 0.05) is 45.2 Å². The summed E-state index contributed by atoms with van der Waals surface area (Å²) in [4.78, 5) is 8.01. The highest BCUT2D eigenvalue weighted by Gasteiger charge is 2.33. The Morgan fingerprint density at radius 3 is 2.07 bits per heavy atom. The molecule has 280 valence electrons. The van der Waals surface area contributed by atoms with Gasteiger partial charge in [-0.15, -0.1) is 0 Å². The van der Waals surface area contributed by atoms with Crippen molar-refractivity contribution in [3.63, 3.8) is 0 Å². The molecule has 0 fully saturated rings. The third kappa shape index (κ3) is 4.27. The summed E-state index contributed by atoms with van der Waals surface area (Å²) in [6, 6.07) is 67.7. The van der Waals surface area contributed by atoms with Gasteiger partial charge in [0.15, 0.2) is 6.17 Å². The molecule has 0 saturated carbocycles. The lowest BCUT2D eigenvalue weighted by Crippen LogP contribution is -2.38. The molecule has 0 amide bonds. The van der Waals surface area contributed by atoms with E-state index < -0.39 is 0 Å². The standard InChI is InChI=1S/C56H36N4/c1-58-50-17-9-7-15-47(50)57-54(38-21-24-42-36(31-38)18-19-37-28-33-29-39(30-33)52(37)42)56(58)60-49-27-23-40(32-46(49)53-41-12-4-2-10-34(41)22-26-51(53)60)59-48-16-8-6-14-44(48)45-25-20-35-11-3-5-13-43(35)55(45)59/h2-29,31-32,56H,30H2,1H3. The third-order valence-corrected chi connectivity index (χ3v) is 13.6. The summed E-state index contributed by atoms with van der Waals surface area (Å²) in [5, 5.41) is 15.3. The first-order valence-corrected chi connectivity index (χ1v) is 20.9. The Balaban J connectivity index is 1.06. The summed E-state index contributed by atoms with van der Waals surface area (Å²) in [6.07, 6.45) is 0.848. The predicted octanol–water partition coefficient (Wildman–Crippen LogP) is 14.2. The van der Waals surface area contributed by atoms with Gasteiger partial charge in [0.05, 0.1) is 39.2 Å². The first-order chi connectivity index (χ1) is 29.7. The predicted molar refractivity (Wildman–Crippen MR) is 253 cm³/mol. The number of hydrogen-bond acceptors (Lipinski definition) is 2. The summed E-state index contributed by atoms with van der Waals surface area (Å²) in [7, 11) is 2.24. The Hall–Kier alpha value is -7.69. The van der Waals surface area contributed by atoms with E-state index in [1.54, 1.807) is 0 Å². The van der Waals surface area contributed by atoms with E-state index in [1.807, 2.05) is 0 Å². The van der Waals surface area contributed by atoms with Gasteiger partial charge < -0.3 is 14.0 Å². The lowest BCUT2D eigenvalue weighted by atomic mass is 9.84. The summed E-state index contributed by atoms with van der Waals surface area (Å²) >= 11 is 0. The molecule has 1 aliphatic heterocycles. The maximum atomic E-state index is 5.58. The number of rotatable bonds is 3. The molecule has 0 radical (unpaired) electrons. The fourth-order valence-corrected chi connectivity index (χ4v) is 10.9. The van der Waals surface area contributed by atoms with Crippen LogP contribution in [0.3, 0.4) is 0 Å². The largest absolute Gasteiger partial charge is 0.347 e. The normalized spacial score (nSPS) is 14.9. The van der Waals surface area contributed by atoms with Crippen LogP contribution in [0, 0.1) is 0 Å². The van der Waals surface area contributed by atoms with Crippen molar-refractivity contribution in [2.75, 3.05) is 11.9 Å². The monoisotopic (exact) mass is 764 g/mol. The molecule has 12 aromatic rings. The van der Waals surface area contributed by atoms with Crippen molar-refractivity contribution in [2.45, 2.75) is 12.6 Å². The Kier molecular flexibility index (Phi) is 6.30. The number of nitrogens with zero attached hydrogens (tertiary/aromatic N) is 4. The molecule has 1 atom stereocenters. The van der Waals surface area contributed by atoms with Crippen molar-refractivity contribution < 1.29 is 0 Å². The highest BCUT2D eigenvalue weighted by Crippen LogP contribution is 2.46. The molecule has 2 aliphatic carbocycles. The van der Waals surface area contributed by atoms with Crippen LogP contribution in [0.2, 0.25) is 0 Å². The van der Waals surface area contributed by atoms with Gasteiger partial charge in [-0.25, -0.2) is 4.99 Å². The van der Waals surface area contributed by atoms with Crippen LogP contribution in [-0.4, -0.2) is 21.9 Å². The molecular weight excluding hydrogens is 729 g/mol. The lowest BCUT2D eigenvalue weighted by Gasteiger charge is -2.37. The molecular formula is C56H36N4. The van der Waals surface area contributed by atoms with E-state index in [0.29, 0.717) is 0 Å². The third-order valence-electron chi connectivity index (χ3n) is 13.6. The first kappa shape index (κ1) is 32.3. The zero-order valence-electron chi connectivity index (χ0n) is 32.9. The van der Waals surface area contributed by atoms with E-state index in [2.05, 4.69) is 203 Å².